The molecule has 0 N–H and O–H groups in total. The lowest BCUT2D eigenvalue weighted by atomic mass is 10.2. The Morgan fingerprint density at radius 3 is 2.58 bits per heavy atom. The Kier molecular flexibility index (Phi) is 3.72. The van der Waals surface area contributed by atoms with Crippen LogP contribution in [-0.2, 0) is 0 Å². The van der Waals surface area contributed by atoms with E-state index in [1.54, 1.807) is 7.11 Å². The molecule has 0 spiro atoms. The first-order chi connectivity index (χ1) is 8.99. The molecule has 1 heterocycles. The first-order valence-corrected chi connectivity index (χ1v) is 9.50. The van der Waals surface area contributed by atoms with Crippen LogP contribution in [0.4, 0.5) is 0 Å². The molecule has 0 atom stereocenters. The van der Waals surface area contributed by atoms with Crippen molar-refractivity contribution >= 4 is 8.07 Å². The van der Waals surface area contributed by atoms with E-state index in [0.717, 1.165) is 5.56 Å². The Balaban J connectivity index is 2.33. The summed E-state index contributed by atoms with van der Waals surface area (Å²) in [6.07, 6.45) is 0. The van der Waals surface area contributed by atoms with Crippen LogP contribution in [0.25, 0.3) is 11.5 Å². The molecule has 5 heteroatoms. The summed E-state index contributed by atoms with van der Waals surface area (Å²) in [5, 5.41) is 7.96. The van der Waals surface area contributed by atoms with Crippen LogP contribution < -0.4 is 4.74 Å². The molecule has 19 heavy (non-hydrogen) atoms. The summed E-state index contributed by atoms with van der Waals surface area (Å²) in [6.45, 7) is 6.49. The van der Waals surface area contributed by atoms with E-state index in [0.29, 0.717) is 17.5 Å². The third-order valence-corrected chi connectivity index (χ3v) is 3.18. The standard InChI is InChI=1S/C14H16N2O2Si/c1-17-12-8-6-5-7-11(12)14-16-15-13(18-14)9-10-19(2,3)4/h5-8H,1-4H3. The summed E-state index contributed by atoms with van der Waals surface area (Å²) in [7, 11) is 0.171. The second kappa shape index (κ2) is 5.29. The molecule has 0 saturated carbocycles. The van der Waals surface area contributed by atoms with E-state index in [2.05, 4.69) is 41.3 Å². The SMILES string of the molecule is COc1ccccc1-c1nnc(C#C[Si](C)(C)C)o1. The highest BCUT2D eigenvalue weighted by atomic mass is 28.3. The lowest BCUT2D eigenvalue weighted by Gasteiger charge is -2.03. The van der Waals surface area contributed by atoms with E-state index in [4.69, 9.17) is 9.15 Å². The van der Waals surface area contributed by atoms with Crippen LogP contribution in [-0.4, -0.2) is 25.4 Å². The van der Waals surface area contributed by atoms with Crippen molar-refractivity contribution in [2.45, 2.75) is 19.6 Å². The molecule has 0 saturated heterocycles. The van der Waals surface area contributed by atoms with Gasteiger partial charge in [-0.05, 0) is 18.1 Å². The van der Waals surface area contributed by atoms with Gasteiger partial charge in [-0.3, -0.25) is 0 Å². The zero-order valence-corrected chi connectivity index (χ0v) is 12.5. The highest BCUT2D eigenvalue weighted by Gasteiger charge is 2.13. The van der Waals surface area contributed by atoms with E-state index in [9.17, 15) is 0 Å². The molecular formula is C14H16N2O2Si. The van der Waals surface area contributed by atoms with Crippen molar-refractivity contribution in [2.75, 3.05) is 7.11 Å². The third-order valence-electron chi connectivity index (χ3n) is 2.31. The summed E-state index contributed by atoms with van der Waals surface area (Å²) >= 11 is 0. The highest BCUT2D eigenvalue weighted by Crippen LogP contribution is 2.28. The van der Waals surface area contributed by atoms with Gasteiger partial charge in [-0.25, -0.2) is 0 Å². The maximum absolute atomic E-state index is 5.55. The van der Waals surface area contributed by atoms with Crippen LogP contribution in [0.1, 0.15) is 5.89 Å². The van der Waals surface area contributed by atoms with Crippen molar-refractivity contribution in [1.82, 2.24) is 10.2 Å². The Morgan fingerprint density at radius 1 is 1.16 bits per heavy atom. The van der Waals surface area contributed by atoms with Crippen molar-refractivity contribution in [2.24, 2.45) is 0 Å². The molecule has 98 valence electrons. The number of ether oxygens (including phenoxy) is 1. The summed E-state index contributed by atoms with van der Waals surface area (Å²) in [5.41, 5.74) is 3.97. The average Bonchev–Trinajstić information content (AvgIpc) is 2.84. The number of hydrogen-bond acceptors (Lipinski definition) is 4. The van der Waals surface area contributed by atoms with Crippen LogP contribution in [0.5, 0.6) is 5.75 Å². The highest BCUT2D eigenvalue weighted by molar-refractivity contribution is 6.83. The number of methoxy groups -OCH3 is 1. The topological polar surface area (TPSA) is 48.2 Å². The smallest absolute Gasteiger partial charge is 0.293 e. The normalized spacial score (nSPS) is 10.7. The van der Waals surface area contributed by atoms with Crippen molar-refractivity contribution < 1.29 is 9.15 Å². The molecular weight excluding hydrogens is 256 g/mol. The first kappa shape index (κ1) is 13.4. The predicted octanol–water partition coefficient (Wildman–Crippen LogP) is 2.97. The molecule has 2 aromatic rings. The van der Waals surface area contributed by atoms with E-state index in [-0.39, 0.29) is 0 Å². The van der Waals surface area contributed by atoms with Crippen LogP contribution in [0, 0.1) is 11.5 Å². The average molecular weight is 272 g/mol. The van der Waals surface area contributed by atoms with Gasteiger partial charge in [-0.15, -0.1) is 10.6 Å². The van der Waals surface area contributed by atoms with E-state index < -0.39 is 8.07 Å². The van der Waals surface area contributed by atoms with E-state index >= 15 is 0 Å². The second-order valence-corrected chi connectivity index (χ2v) is 9.86. The third kappa shape index (κ3) is 3.45. The zero-order valence-electron chi connectivity index (χ0n) is 11.5. The first-order valence-electron chi connectivity index (χ1n) is 6.00. The molecule has 0 unspecified atom stereocenters. The van der Waals surface area contributed by atoms with Crippen LogP contribution in [0.3, 0.4) is 0 Å². The molecule has 0 aliphatic heterocycles. The monoisotopic (exact) mass is 272 g/mol. The molecule has 0 aliphatic rings. The van der Waals surface area contributed by atoms with Gasteiger partial charge in [0, 0.05) is 0 Å². The minimum absolute atomic E-state index is 0.350. The second-order valence-electron chi connectivity index (χ2n) is 5.11. The number of benzene rings is 1. The lowest BCUT2D eigenvalue weighted by molar-refractivity contribution is 0.414. The molecule has 0 aliphatic carbocycles. The predicted molar refractivity (Wildman–Crippen MR) is 76.5 cm³/mol. The maximum atomic E-state index is 5.55. The zero-order chi connectivity index (χ0) is 13.9. The summed E-state index contributed by atoms with van der Waals surface area (Å²) in [5.74, 6) is 4.43. The van der Waals surface area contributed by atoms with Gasteiger partial charge in [0.05, 0.1) is 12.7 Å². The fourth-order valence-corrected chi connectivity index (χ4v) is 1.93. The van der Waals surface area contributed by atoms with E-state index in [1.807, 2.05) is 24.3 Å². The van der Waals surface area contributed by atoms with Gasteiger partial charge in [0.1, 0.15) is 13.8 Å². The molecule has 1 aromatic heterocycles. The van der Waals surface area contributed by atoms with E-state index in [1.165, 1.54) is 0 Å². The fourth-order valence-electron chi connectivity index (χ4n) is 1.44. The maximum Gasteiger partial charge on any atom is 0.293 e. The summed E-state index contributed by atoms with van der Waals surface area (Å²) < 4.78 is 10.8. The number of aromatic nitrogens is 2. The fraction of sp³-hybridized carbons (Fsp3) is 0.286. The van der Waals surface area contributed by atoms with Gasteiger partial charge < -0.3 is 9.15 Å². The Hall–Kier alpha value is -2.06. The minimum atomic E-state index is -1.44. The molecule has 2 rings (SSSR count). The summed E-state index contributed by atoms with van der Waals surface area (Å²) in [4.78, 5) is 0. The Bertz CT molecular complexity index is 633. The van der Waals surface area contributed by atoms with Gasteiger partial charge in [0.25, 0.3) is 11.8 Å². The van der Waals surface area contributed by atoms with Crippen molar-refractivity contribution in [3.8, 4) is 28.7 Å². The largest absolute Gasteiger partial charge is 0.496 e. The molecule has 0 bridgehead atoms. The summed E-state index contributed by atoms with van der Waals surface area (Å²) in [6, 6.07) is 7.52. The molecule has 0 fully saturated rings. The number of hydrogen-bond donors (Lipinski definition) is 0. The number of para-hydroxylation sites is 1. The molecule has 0 amide bonds. The van der Waals surface area contributed by atoms with Gasteiger partial charge in [-0.1, -0.05) is 36.9 Å². The molecule has 4 nitrogen and oxygen atoms in total. The van der Waals surface area contributed by atoms with Crippen LogP contribution in [0.15, 0.2) is 28.7 Å². The van der Waals surface area contributed by atoms with Gasteiger partial charge >= 0.3 is 0 Å². The van der Waals surface area contributed by atoms with Crippen molar-refractivity contribution in [3.63, 3.8) is 0 Å². The van der Waals surface area contributed by atoms with Crippen molar-refractivity contribution in [3.05, 3.63) is 30.2 Å². The van der Waals surface area contributed by atoms with Gasteiger partial charge in [0.15, 0.2) is 0 Å². The Labute approximate surface area is 113 Å². The Morgan fingerprint density at radius 2 is 1.89 bits per heavy atom. The van der Waals surface area contributed by atoms with Crippen molar-refractivity contribution in [1.29, 1.82) is 0 Å². The van der Waals surface area contributed by atoms with Gasteiger partial charge in [0.2, 0.25) is 0 Å². The minimum Gasteiger partial charge on any atom is -0.496 e. The van der Waals surface area contributed by atoms with Crippen LogP contribution in [0.2, 0.25) is 19.6 Å². The molecule has 0 radical (unpaired) electrons. The van der Waals surface area contributed by atoms with Crippen LogP contribution >= 0.6 is 0 Å². The lowest BCUT2D eigenvalue weighted by Crippen LogP contribution is -2.16. The number of nitrogens with zero attached hydrogens (tertiary/aromatic N) is 2. The molecule has 1 aromatic carbocycles. The number of rotatable bonds is 2. The quantitative estimate of drug-likeness (QED) is 0.623. The van der Waals surface area contributed by atoms with Gasteiger partial charge in [-0.2, -0.15) is 0 Å².